The van der Waals surface area contributed by atoms with Crippen molar-refractivity contribution in [2.45, 2.75) is 55.3 Å². The molecule has 0 aromatic rings. The first kappa shape index (κ1) is 17.0. The number of hydrogen-bond acceptors (Lipinski definition) is 10. The van der Waals surface area contributed by atoms with Gasteiger partial charge in [-0.15, -0.1) is 0 Å². The van der Waals surface area contributed by atoms with Gasteiger partial charge >= 0.3 is 0 Å². The largest absolute Gasteiger partial charge is 0.388 e. The Balaban J connectivity index is 1.88. The maximum Gasteiger partial charge on any atom is 0.186 e. The van der Waals surface area contributed by atoms with Crippen molar-refractivity contribution >= 4 is 0 Å². The third-order valence-corrected chi connectivity index (χ3v) is 3.57. The van der Waals surface area contributed by atoms with Crippen LogP contribution in [0.2, 0.25) is 0 Å². The Morgan fingerprint density at radius 1 is 0.810 bits per heavy atom. The lowest BCUT2D eigenvalue weighted by atomic mass is 9.99. The van der Waals surface area contributed by atoms with Gasteiger partial charge in [0.1, 0.15) is 42.7 Å². The van der Waals surface area contributed by atoms with Crippen LogP contribution in [0.4, 0.5) is 0 Å². The van der Waals surface area contributed by atoms with Crippen LogP contribution >= 0.6 is 0 Å². The number of rotatable bonds is 3. The highest BCUT2D eigenvalue weighted by atomic mass is 16.7. The molecule has 2 aliphatic heterocycles. The predicted molar refractivity (Wildman–Crippen MR) is 62.6 cm³/mol. The molecule has 2 heterocycles. The van der Waals surface area contributed by atoms with Crippen LogP contribution in [0.1, 0.15) is 0 Å². The summed E-state index contributed by atoms with van der Waals surface area (Å²) in [6.07, 6.45) is -13.1. The molecule has 0 spiro atoms. The van der Waals surface area contributed by atoms with E-state index in [4.69, 9.17) is 14.2 Å². The van der Waals surface area contributed by atoms with Gasteiger partial charge in [0.15, 0.2) is 12.6 Å². The highest BCUT2D eigenvalue weighted by molar-refractivity contribution is 4.89. The maximum absolute atomic E-state index is 9.70. The van der Waals surface area contributed by atoms with Crippen LogP contribution in [0.5, 0.6) is 0 Å². The fourth-order valence-corrected chi connectivity index (χ4v) is 2.18. The fourth-order valence-electron chi connectivity index (χ4n) is 2.18. The Hall–Kier alpha value is -0.400. The molecule has 2 saturated heterocycles. The highest BCUT2D eigenvalue weighted by Crippen LogP contribution is 2.22. The van der Waals surface area contributed by atoms with E-state index in [1.807, 2.05) is 0 Å². The molecule has 9 atom stereocenters. The SMILES string of the molecule is OC1O[C@H](COC2OC[C@@H](O)[C@@H](O)[C@@H]2O)[C@@H](O)[C@H](O)[C@H]1O. The first-order chi connectivity index (χ1) is 9.82. The minimum atomic E-state index is -1.69. The monoisotopic (exact) mass is 312 g/mol. The molecule has 10 nitrogen and oxygen atoms in total. The zero-order chi connectivity index (χ0) is 15.7. The van der Waals surface area contributed by atoms with Gasteiger partial charge in [0.05, 0.1) is 13.2 Å². The number of aliphatic hydroxyl groups excluding tert-OH is 7. The summed E-state index contributed by atoms with van der Waals surface area (Å²) >= 11 is 0. The zero-order valence-electron chi connectivity index (χ0n) is 11.0. The Labute approximate surface area is 119 Å². The van der Waals surface area contributed by atoms with Crippen LogP contribution in [-0.4, -0.2) is 104 Å². The van der Waals surface area contributed by atoms with E-state index in [2.05, 4.69) is 0 Å². The molecule has 2 unspecified atom stereocenters. The molecule has 0 aromatic carbocycles. The van der Waals surface area contributed by atoms with Gasteiger partial charge in [-0.05, 0) is 0 Å². The Bertz CT molecular complexity index is 341. The van der Waals surface area contributed by atoms with Crippen molar-refractivity contribution in [3.63, 3.8) is 0 Å². The Morgan fingerprint density at radius 2 is 1.48 bits per heavy atom. The number of aliphatic hydroxyl groups is 7. The van der Waals surface area contributed by atoms with Crippen LogP contribution in [0.3, 0.4) is 0 Å². The van der Waals surface area contributed by atoms with Gasteiger partial charge < -0.3 is 50.0 Å². The van der Waals surface area contributed by atoms with Gasteiger partial charge in [-0.1, -0.05) is 0 Å². The molecule has 0 aliphatic carbocycles. The summed E-state index contributed by atoms with van der Waals surface area (Å²) in [5, 5.41) is 66.2. The molecule has 0 radical (unpaired) electrons. The molecule has 0 aromatic heterocycles. The Kier molecular flexibility index (Phi) is 5.48. The molecular weight excluding hydrogens is 292 g/mol. The van der Waals surface area contributed by atoms with E-state index in [0.717, 1.165) is 0 Å². The summed E-state index contributed by atoms with van der Waals surface area (Å²) in [5.41, 5.74) is 0. The van der Waals surface area contributed by atoms with Crippen LogP contribution < -0.4 is 0 Å². The van der Waals surface area contributed by atoms with E-state index in [-0.39, 0.29) is 13.2 Å². The van der Waals surface area contributed by atoms with Gasteiger partial charge in [0.2, 0.25) is 0 Å². The maximum atomic E-state index is 9.70. The number of ether oxygens (including phenoxy) is 3. The summed E-state index contributed by atoms with van der Waals surface area (Å²) in [6, 6.07) is 0. The molecule has 2 rings (SSSR count). The van der Waals surface area contributed by atoms with Crippen molar-refractivity contribution in [2.75, 3.05) is 13.2 Å². The van der Waals surface area contributed by atoms with E-state index in [0.29, 0.717) is 0 Å². The lowest BCUT2D eigenvalue weighted by molar-refractivity contribution is -0.312. The second-order valence-corrected chi connectivity index (χ2v) is 5.12. The fraction of sp³-hybridized carbons (Fsp3) is 1.00. The molecule has 0 amide bonds. The van der Waals surface area contributed by atoms with Crippen molar-refractivity contribution < 1.29 is 50.0 Å². The van der Waals surface area contributed by atoms with E-state index in [1.54, 1.807) is 0 Å². The van der Waals surface area contributed by atoms with E-state index >= 15 is 0 Å². The summed E-state index contributed by atoms with van der Waals surface area (Å²) < 4.78 is 15.0. The minimum Gasteiger partial charge on any atom is -0.388 e. The molecule has 124 valence electrons. The first-order valence-electron chi connectivity index (χ1n) is 6.48. The summed E-state index contributed by atoms with van der Waals surface area (Å²) in [6.45, 7) is -0.631. The molecule has 0 saturated carbocycles. The molecule has 21 heavy (non-hydrogen) atoms. The predicted octanol–water partition coefficient (Wildman–Crippen LogP) is -4.76. The average molecular weight is 312 g/mol. The van der Waals surface area contributed by atoms with Gasteiger partial charge in [0.25, 0.3) is 0 Å². The van der Waals surface area contributed by atoms with Gasteiger partial charge in [-0.25, -0.2) is 0 Å². The third-order valence-electron chi connectivity index (χ3n) is 3.57. The normalized spacial score (nSPS) is 51.9. The van der Waals surface area contributed by atoms with Crippen molar-refractivity contribution in [1.29, 1.82) is 0 Å². The van der Waals surface area contributed by atoms with Crippen LogP contribution in [0.15, 0.2) is 0 Å². The Morgan fingerprint density at radius 3 is 2.14 bits per heavy atom. The summed E-state index contributed by atoms with van der Waals surface area (Å²) in [7, 11) is 0. The van der Waals surface area contributed by atoms with Crippen molar-refractivity contribution in [2.24, 2.45) is 0 Å². The lowest BCUT2D eigenvalue weighted by Gasteiger charge is -2.40. The minimum absolute atomic E-state index is 0.249. The van der Waals surface area contributed by atoms with Crippen LogP contribution in [0, 0.1) is 0 Å². The smallest absolute Gasteiger partial charge is 0.186 e. The molecule has 10 heteroatoms. The van der Waals surface area contributed by atoms with Gasteiger partial charge in [0, 0.05) is 0 Å². The van der Waals surface area contributed by atoms with Gasteiger partial charge in [-0.2, -0.15) is 0 Å². The average Bonchev–Trinajstić information content (AvgIpc) is 2.46. The summed E-state index contributed by atoms with van der Waals surface area (Å²) in [5.74, 6) is 0. The topological polar surface area (TPSA) is 169 Å². The second-order valence-electron chi connectivity index (χ2n) is 5.12. The highest BCUT2D eigenvalue weighted by Gasteiger charge is 2.44. The van der Waals surface area contributed by atoms with Crippen LogP contribution in [-0.2, 0) is 14.2 Å². The standard InChI is InChI=1S/C11H20O10/c12-3-1-19-11(9(17)5(3)13)20-2-4-6(14)7(15)8(16)10(18)21-4/h3-18H,1-2H2/t3-,4-,5-,6-,7+,8-,9+,10?,11?/m1/s1. The third kappa shape index (κ3) is 3.51. The number of hydrogen-bond donors (Lipinski definition) is 7. The quantitative estimate of drug-likeness (QED) is 0.268. The molecule has 0 bridgehead atoms. The van der Waals surface area contributed by atoms with Crippen LogP contribution in [0.25, 0.3) is 0 Å². The second kappa shape index (κ2) is 6.79. The summed E-state index contributed by atoms with van der Waals surface area (Å²) in [4.78, 5) is 0. The van der Waals surface area contributed by atoms with Gasteiger partial charge in [-0.3, -0.25) is 0 Å². The van der Waals surface area contributed by atoms with Crippen molar-refractivity contribution in [3.8, 4) is 0 Å². The van der Waals surface area contributed by atoms with E-state index < -0.39 is 55.3 Å². The van der Waals surface area contributed by atoms with Crippen molar-refractivity contribution in [3.05, 3.63) is 0 Å². The lowest BCUT2D eigenvalue weighted by Crippen LogP contribution is -2.59. The zero-order valence-corrected chi connectivity index (χ0v) is 11.0. The molecule has 2 aliphatic rings. The molecule has 7 N–H and O–H groups in total. The van der Waals surface area contributed by atoms with E-state index in [1.165, 1.54) is 0 Å². The molecular formula is C11H20O10. The van der Waals surface area contributed by atoms with Crippen molar-refractivity contribution in [1.82, 2.24) is 0 Å². The molecule has 2 fully saturated rings. The first-order valence-corrected chi connectivity index (χ1v) is 6.48. The van der Waals surface area contributed by atoms with E-state index in [9.17, 15) is 35.7 Å².